The van der Waals surface area contributed by atoms with E-state index in [0.29, 0.717) is 18.8 Å². The Hall–Kier alpha value is -1.43. The normalized spacial score (nSPS) is 31.3. The van der Waals surface area contributed by atoms with E-state index in [-0.39, 0.29) is 23.8 Å². The van der Waals surface area contributed by atoms with Gasteiger partial charge in [0.2, 0.25) is 11.8 Å². The number of likely N-dealkylation sites (N-methyl/N-ethyl adjacent to an activating group) is 1. The fraction of sp³-hybridized carbons (Fsp3) is 0.786. The summed E-state index contributed by atoms with van der Waals surface area (Å²) >= 11 is 0. The van der Waals surface area contributed by atoms with Crippen molar-refractivity contribution in [1.29, 1.82) is 0 Å². The van der Waals surface area contributed by atoms with Gasteiger partial charge in [0.15, 0.2) is 0 Å². The molecule has 0 saturated carbocycles. The van der Waals surface area contributed by atoms with Gasteiger partial charge >= 0.3 is 0 Å². The molecule has 3 atom stereocenters. The number of amides is 3. The molecule has 112 valence electrons. The van der Waals surface area contributed by atoms with Gasteiger partial charge in [0.25, 0.3) is 5.91 Å². The number of hydrogen-bond donors (Lipinski definition) is 2. The molecule has 0 aromatic carbocycles. The highest BCUT2D eigenvalue weighted by Crippen LogP contribution is 2.20. The summed E-state index contributed by atoms with van der Waals surface area (Å²) in [5.41, 5.74) is 0. The third-order valence-corrected chi connectivity index (χ3v) is 4.37. The summed E-state index contributed by atoms with van der Waals surface area (Å²) in [6, 6.07) is -0.779. The summed E-state index contributed by atoms with van der Waals surface area (Å²) in [7, 11) is 1.47. The molecule has 2 fully saturated rings. The lowest BCUT2D eigenvalue weighted by atomic mass is 9.90. The molecule has 20 heavy (non-hydrogen) atoms. The summed E-state index contributed by atoms with van der Waals surface area (Å²) in [6.45, 7) is 2.98. The van der Waals surface area contributed by atoms with Crippen molar-refractivity contribution < 1.29 is 14.4 Å². The molecule has 3 unspecified atom stereocenters. The number of rotatable bonds is 3. The first-order chi connectivity index (χ1) is 9.52. The van der Waals surface area contributed by atoms with Crippen LogP contribution in [0.2, 0.25) is 0 Å². The summed E-state index contributed by atoms with van der Waals surface area (Å²) in [4.78, 5) is 36.7. The van der Waals surface area contributed by atoms with Gasteiger partial charge in [0.05, 0.1) is 6.04 Å². The second kappa shape index (κ2) is 6.35. The van der Waals surface area contributed by atoms with Crippen molar-refractivity contribution in [2.24, 2.45) is 5.92 Å². The molecule has 3 amide bonds. The number of carbonyl (C=O) groups excluding carboxylic acids is 3. The van der Waals surface area contributed by atoms with Crippen molar-refractivity contribution in [3.8, 4) is 0 Å². The van der Waals surface area contributed by atoms with E-state index in [2.05, 4.69) is 17.6 Å². The van der Waals surface area contributed by atoms with E-state index in [0.717, 1.165) is 30.7 Å². The molecule has 2 aliphatic heterocycles. The highest BCUT2D eigenvalue weighted by Gasteiger charge is 2.35. The van der Waals surface area contributed by atoms with Crippen molar-refractivity contribution in [3.63, 3.8) is 0 Å². The number of imide groups is 1. The Balaban J connectivity index is 1.91. The molecule has 2 heterocycles. The van der Waals surface area contributed by atoms with Gasteiger partial charge in [-0.15, -0.1) is 0 Å². The number of nitrogens with one attached hydrogen (secondary N) is 2. The van der Waals surface area contributed by atoms with Crippen molar-refractivity contribution in [1.82, 2.24) is 15.5 Å². The van der Waals surface area contributed by atoms with Crippen molar-refractivity contribution in [2.75, 3.05) is 13.6 Å². The minimum atomic E-state index is -0.561. The summed E-state index contributed by atoms with van der Waals surface area (Å²) in [5, 5.41) is 5.99. The van der Waals surface area contributed by atoms with Crippen LogP contribution in [0.15, 0.2) is 0 Å². The molecular weight excluding hydrogens is 258 g/mol. The summed E-state index contributed by atoms with van der Waals surface area (Å²) in [6.07, 6.45) is 3.70. The van der Waals surface area contributed by atoms with Gasteiger partial charge < -0.3 is 10.6 Å². The van der Waals surface area contributed by atoms with Gasteiger partial charge in [-0.3, -0.25) is 19.3 Å². The quantitative estimate of drug-likeness (QED) is 0.715. The zero-order valence-electron chi connectivity index (χ0n) is 12.1. The maximum atomic E-state index is 12.2. The van der Waals surface area contributed by atoms with Crippen molar-refractivity contribution in [2.45, 2.75) is 51.1 Å². The first-order valence-electron chi connectivity index (χ1n) is 7.37. The Kier molecular flexibility index (Phi) is 4.75. The molecule has 2 N–H and O–H groups in total. The van der Waals surface area contributed by atoms with Crippen LogP contribution in [0.4, 0.5) is 0 Å². The number of nitrogens with zero attached hydrogens (tertiary/aromatic N) is 1. The van der Waals surface area contributed by atoms with Crippen LogP contribution in [0.1, 0.15) is 39.0 Å². The lowest BCUT2D eigenvalue weighted by molar-refractivity contribution is -0.149. The van der Waals surface area contributed by atoms with Crippen molar-refractivity contribution >= 4 is 17.7 Å². The van der Waals surface area contributed by atoms with Crippen LogP contribution < -0.4 is 10.6 Å². The molecule has 2 rings (SSSR count). The molecule has 2 saturated heterocycles. The molecule has 6 heteroatoms. The topological polar surface area (TPSA) is 78.5 Å². The number of likely N-dealkylation sites (tertiary alicyclic amines) is 1. The van der Waals surface area contributed by atoms with E-state index < -0.39 is 6.04 Å². The van der Waals surface area contributed by atoms with E-state index in [9.17, 15) is 14.4 Å². The van der Waals surface area contributed by atoms with Crippen LogP contribution in [-0.4, -0.2) is 48.3 Å². The van der Waals surface area contributed by atoms with E-state index in [1.165, 1.54) is 7.05 Å². The zero-order valence-corrected chi connectivity index (χ0v) is 12.1. The monoisotopic (exact) mass is 281 g/mol. The highest BCUT2D eigenvalue weighted by atomic mass is 16.2. The van der Waals surface area contributed by atoms with Gasteiger partial charge in [-0.2, -0.15) is 0 Å². The third kappa shape index (κ3) is 3.17. The maximum absolute atomic E-state index is 12.2. The molecular formula is C14H23N3O3. The smallest absolute Gasteiger partial charge is 0.251 e. The SMILES string of the molecule is CCC1CCNC(C(=O)NC2CCC(=O)N(C)C2=O)C1. The molecule has 0 aliphatic carbocycles. The fourth-order valence-electron chi connectivity index (χ4n) is 2.89. The lowest BCUT2D eigenvalue weighted by Crippen LogP contribution is -2.57. The van der Waals surface area contributed by atoms with Gasteiger partial charge in [-0.05, 0) is 31.7 Å². The largest absolute Gasteiger partial charge is 0.343 e. The molecule has 0 bridgehead atoms. The van der Waals surface area contributed by atoms with E-state index in [1.54, 1.807) is 0 Å². The van der Waals surface area contributed by atoms with Gasteiger partial charge in [0.1, 0.15) is 6.04 Å². The first-order valence-corrected chi connectivity index (χ1v) is 7.37. The third-order valence-electron chi connectivity index (χ3n) is 4.37. The van der Waals surface area contributed by atoms with Crippen LogP contribution in [0, 0.1) is 5.92 Å². The number of hydrogen-bond acceptors (Lipinski definition) is 4. The molecule has 0 aromatic rings. The van der Waals surface area contributed by atoms with Crippen LogP contribution >= 0.6 is 0 Å². The Morgan fingerprint density at radius 3 is 2.85 bits per heavy atom. The molecule has 2 aliphatic rings. The lowest BCUT2D eigenvalue weighted by Gasteiger charge is -2.32. The predicted octanol–water partition coefficient (Wildman–Crippen LogP) is 0.0282. The Bertz CT molecular complexity index is 410. The van der Waals surface area contributed by atoms with E-state index in [4.69, 9.17) is 0 Å². The van der Waals surface area contributed by atoms with Gasteiger partial charge in [0, 0.05) is 13.5 Å². The molecule has 0 spiro atoms. The Labute approximate surface area is 119 Å². The molecule has 0 radical (unpaired) electrons. The van der Waals surface area contributed by atoms with Crippen LogP contribution in [0.3, 0.4) is 0 Å². The van der Waals surface area contributed by atoms with Gasteiger partial charge in [-0.1, -0.05) is 13.3 Å². The fourth-order valence-corrected chi connectivity index (χ4v) is 2.89. The average molecular weight is 281 g/mol. The van der Waals surface area contributed by atoms with Crippen molar-refractivity contribution in [3.05, 3.63) is 0 Å². The second-order valence-corrected chi connectivity index (χ2v) is 5.70. The highest BCUT2D eigenvalue weighted by molar-refractivity contribution is 6.01. The zero-order chi connectivity index (χ0) is 14.7. The Morgan fingerprint density at radius 1 is 1.40 bits per heavy atom. The minimum absolute atomic E-state index is 0.121. The molecule has 6 nitrogen and oxygen atoms in total. The molecule has 0 aromatic heterocycles. The van der Waals surface area contributed by atoms with Crippen LogP contribution in [0.25, 0.3) is 0 Å². The minimum Gasteiger partial charge on any atom is -0.343 e. The predicted molar refractivity (Wildman–Crippen MR) is 73.7 cm³/mol. The average Bonchev–Trinajstić information content (AvgIpc) is 2.48. The van der Waals surface area contributed by atoms with Gasteiger partial charge in [-0.25, -0.2) is 0 Å². The first kappa shape index (κ1) is 15.0. The summed E-state index contributed by atoms with van der Waals surface area (Å²) in [5.74, 6) is -0.0395. The Morgan fingerprint density at radius 2 is 2.15 bits per heavy atom. The summed E-state index contributed by atoms with van der Waals surface area (Å²) < 4.78 is 0. The number of piperidine rings is 2. The maximum Gasteiger partial charge on any atom is 0.251 e. The standard InChI is InChI=1S/C14H23N3O3/c1-3-9-6-7-15-11(8-9)13(19)16-10-4-5-12(18)17(2)14(10)20/h9-11,15H,3-8H2,1-2H3,(H,16,19). The number of carbonyl (C=O) groups is 3. The van der Waals surface area contributed by atoms with E-state index in [1.807, 2.05) is 0 Å². The van der Waals surface area contributed by atoms with Crippen LogP contribution in [0.5, 0.6) is 0 Å². The second-order valence-electron chi connectivity index (χ2n) is 5.70. The van der Waals surface area contributed by atoms with E-state index >= 15 is 0 Å². The van der Waals surface area contributed by atoms with Crippen LogP contribution in [-0.2, 0) is 14.4 Å².